The van der Waals surface area contributed by atoms with Crippen LogP contribution in [-0.4, -0.2) is 0 Å². The quantitative estimate of drug-likeness (QED) is 0.249. The molecule has 0 nitrogen and oxygen atoms in total. The lowest BCUT2D eigenvalue weighted by atomic mass is 9.85. The normalized spacial score (nSPS) is 10.5. The minimum atomic E-state index is 0.523. The summed E-state index contributed by atoms with van der Waals surface area (Å²) < 4.78 is 0. The Morgan fingerprint density at radius 3 is 1.07 bits per heavy atom. The molecule has 0 fully saturated rings. The van der Waals surface area contributed by atoms with Crippen LogP contribution in [0.2, 0.25) is 0 Å². The first-order valence-corrected chi connectivity index (χ1v) is 9.96. The first-order chi connectivity index (χ1) is 13.9. The number of halogens is 1. The van der Waals surface area contributed by atoms with Crippen molar-refractivity contribution in [3.05, 3.63) is 143 Å². The van der Waals surface area contributed by atoms with Gasteiger partial charge in [-0.1, -0.05) is 115 Å². The highest BCUT2D eigenvalue weighted by Crippen LogP contribution is 2.36. The third-order valence-electron chi connectivity index (χ3n) is 4.83. The zero-order valence-corrected chi connectivity index (χ0v) is 16.3. The van der Waals surface area contributed by atoms with Gasteiger partial charge < -0.3 is 0 Å². The Bertz CT molecular complexity index is 1010. The Hall–Kier alpha value is -3.09. The largest absolute Gasteiger partial charge is 0.122 e. The summed E-state index contributed by atoms with van der Waals surface area (Å²) in [5, 5.41) is 0. The van der Waals surface area contributed by atoms with Gasteiger partial charge in [0.1, 0.15) is 0 Å². The lowest BCUT2D eigenvalue weighted by molar-refractivity contribution is 1.39. The maximum Gasteiger partial charge on any atom is 0.0474 e. The van der Waals surface area contributed by atoms with E-state index < -0.39 is 0 Å². The van der Waals surface area contributed by atoms with Gasteiger partial charge >= 0.3 is 0 Å². The molecule has 0 spiro atoms. The predicted molar refractivity (Wildman–Crippen MR) is 120 cm³/mol. The van der Waals surface area contributed by atoms with Gasteiger partial charge in [-0.15, -0.1) is 11.6 Å². The molecular weight excluding hydrogens is 360 g/mol. The molecule has 0 heterocycles. The maximum atomic E-state index is 6.02. The standard InChI is InChI=1S/C27H21Cl/c28-20-21-16-18-25(19-17-21)27(24-14-8-3-9-15-24)26(22-10-4-1-5-11-22)23-12-6-2-7-13-23/h1-19H,20H2. The fraction of sp³-hybridized carbons (Fsp3) is 0.0370. The van der Waals surface area contributed by atoms with Crippen LogP contribution in [0.25, 0.3) is 11.1 Å². The van der Waals surface area contributed by atoms with Crippen molar-refractivity contribution in [3.8, 4) is 0 Å². The fourth-order valence-electron chi connectivity index (χ4n) is 3.49. The summed E-state index contributed by atoms with van der Waals surface area (Å²) in [6, 6.07) is 40.4. The van der Waals surface area contributed by atoms with Crippen molar-refractivity contribution < 1.29 is 0 Å². The summed E-state index contributed by atoms with van der Waals surface area (Å²) in [5.74, 6) is 0.523. The van der Waals surface area contributed by atoms with E-state index in [1.165, 1.54) is 33.4 Å². The van der Waals surface area contributed by atoms with E-state index in [1.54, 1.807) is 0 Å². The van der Waals surface area contributed by atoms with Crippen molar-refractivity contribution in [2.24, 2.45) is 0 Å². The molecule has 0 aliphatic carbocycles. The summed E-state index contributed by atoms with van der Waals surface area (Å²) in [7, 11) is 0. The average molecular weight is 381 g/mol. The van der Waals surface area contributed by atoms with Gasteiger partial charge in [-0.3, -0.25) is 0 Å². The molecule has 136 valence electrons. The third-order valence-corrected chi connectivity index (χ3v) is 5.14. The lowest BCUT2D eigenvalue weighted by Crippen LogP contribution is -1.97. The van der Waals surface area contributed by atoms with Gasteiger partial charge in [0, 0.05) is 5.88 Å². The van der Waals surface area contributed by atoms with Gasteiger partial charge in [0.05, 0.1) is 0 Å². The Kier molecular flexibility index (Phi) is 5.70. The van der Waals surface area contributed by atoms with Crippen molar-refractivity contribution in [2.45, 2.75) is 5.88 Å². The maximum absolute atomic E-state index is 6.02. The molecule has 0 bridgehead atoms. The molecule has 0 N–H and O–H groups in total. The summed E-state index contributed by atoms with van der Waals surface area (Å²) in [6.07, 6.45) is 0. The SMILES string of the molecule is ClCc1ccc(C(=C(c2ccccc2)c2ccccc2)c2ccccc2)cc1. The number of hydrogen-bond acceptors (Lipinski definition) is 0. The van der Waals surface area contributed by atoms with Gasteiger partial charge in [0.2, 0.25) is 0 Å². The van der Waals surface area contributed by atoms with Crippen LogP contribution in [0.4, 0.5) is 0 Å². The molecule has 4 aromatic carbocycles. The zero-order chi connectivity index (χ0) is 19.2. The molecule has 1 heteroatoms. The summed E-state index contributed by atoms with van der Waals surface area (Å²) in [6.45, 7) is 0. The molecule has 4 rings (SSSR count). The van der Waals surface area contributed by atoms with Gasteiger partial charge in [-0.2, -0.15) is 0 Å². The van der Waals surface area contributed by atoms with E-state index >= 15 is 0 Å². The van der Waals surface area contributed by atoms with E-state index in [-0.39, 0.29) is 0 Å². The van der Waals surface area contributed by atoms with Crippen molar-refractivity contribution in [1.82, 2.24) is 0 Å². The van der Waals surface area contributed by atoms with E-state index in [9.17, 15) is 0 Å². The van der Waals surface area contributed by atoms with Crippen LogP contribution in [0, 0.1) is 0 Å². The first-order valence-electron chi connectivity index (χ1n) is 9.42. The monoisotopic (exact) mass is 380 g/mol. The minimum Gasteiger partial charge on any atom is -0.122 e. The highest BCUT2D eigenvalue weighted by molar-refractivity contribution is 6.17. The van der Waals surface area contributed by atoms with E-state index in [4.69, 9.17) is 11.6 Å². The Labute approximate surface area is 171 Å². The molecule has 0 unspecified atom stereocenters. The molecule has 0 aliphatic heterocycles. The molecule has 0 amide bonds. The predicted octanol–water partition coefficient (Wildman–Crippen LogP) is 7.43. The second kappa shape index (κ2) is 8.73. The Morgan fingerprint density at radius 2 is 0.750 bits per heavy atom. The highest BCUT2D eigenvalue weighted by Gasteiger charge is 2.15. The van der Waals surface area contributed by atoms with E-state index in [0.29, 0.717) is 5.88 Å². The summed E-state index contributed by atoms with van der Waals surface area (Å²) in [4.78, 5) is 0. The smallest absolute Gasteiger partial charge is 0.0474 e. The topological polar surface area (TPSA) is 0 Å². The number of benzene rings is 4. The van der Waals surface area contributed by atoms with Crippen LogP contribution in [0.1, 0.15) is 27.8 Å². The van der Waals surface area contributed by atoms with E-state index in [0.717, 1.165) is 5.56 Å². The van der Waals surface area contributed by atoms with Gasteiger partial charge in [0.25, 0.3) is 0 Å². The minimum absolute atomic E-state index is 0.523. The Morgan fingerprint density at radius 1 is 0.429 bits per heavy atom. The zero-order valence-electron chi connectivity index (χ0n) is 15.6. The van der Waals surface area contributed by atoms with Crippen LogP contribution < -0.4 is 0 Å². The van der Waals surface area contributed by atoms with Crippen molar-refractivity contribution in [2.75, 3.05) is 0 Å². The van der Waals surface area contributed by atoms with Crippen LogP contribution in [0.3, 0.4) is 0 Å². The molecule has 0 atom stereocenters. The summed E-state index contributed by atoms with van der Waals surface area (Å²) >= 11 is 6.02. The first kappa shape index (κ1) is 18.3. The fourth-order valence-corrected chi connectivity index (χ4v) is 3.66. The number of hydrogen-bond donors (Lipinski definition) is 0. The van der Waals surface area contributed by atoms with Crippen LogP contribution in [-0.2, 0) is 5.88 Å². The molecule has 0 aromatic heterocycles. The van der Waals surface area contributed by atoms with E-state index in [1.807, 2.05) is 0 Å². The second-order valence-electron chi connectivity index (χ2n) is 6.68. The van der Waals surface area contributed by atoms with Crippen molar-refractivity contribution in [1.29, 1.82) is 0 Å². The van der Waals surface area contributed by atoms with Crippen molar-refractivity contribution in [3.63, 3.8) is 0 Å². The van der Waals surface area contributed by atoms with E-state index in [2.05, 4.69) is 115 Å². The number of alkyl halides is 1. The molecule has 0 saturated heterocycles. The lowest BCUT2D eigenvalue weighted by Gasteiger charge is -2.18. The van der Waals surface area contributed by atoms with Gasteiger partial charge in [-0.05, 0) is 39.0 Å². The molecule has 4 aromatic rings. The molecule has 0 aliphatic rings. The third kappa shape index (κ3) is 3.93. The highest BCUT2D eigenvalue weighted by atomic mass is 35.5. The van der Waals surface area contributed by atoms with Crippen LogP contribution >= 0.6 is 11.6 Å². The van der Waals surface area contributed by atoms with Crippen molar-refractivity contribution >= 4 is 22.7 Å². The number of rotatable bonds is 5. The molecule has 0 saturated carbocycles. The van der Waals surface area contributed by atoms with Crippen LogP contribution in [0.5, 0.6) is 0 Å². The Balaban J connectivity index is 2.05. The molecule has 28 heavy (non-hydrogen) atoms. The van der Waals surface area contributed by atoms with Gasteiger partial charge in [0.15, 0.2) is 0 Å². The summed E-state index contributed by atoms with van der Waals surface area (Å²) in [5.41, 5.74) is 8.36. The average Bonchev–Trinajstić information content (AvgIpc) is 2.79. The van der Waals surface area contributed by atoms with Gasteiger partial charge in [-0.25, -0.2) is 0 Å². The molecular formula is C27H21Cl. The second-order valence-corrected chi connectivity index (χ2v) is 6.95. The van der Waals surface area contributed by atoms with Crippen LogP contribution in [0.15, 0.2) is 115 Å². The molecule has 0 radical (unpaired) electrons.